The van der Waals surface area contributed by atoms with Crippen LogP contribution in [0.2, 0.25) is 0 Å². The Balaban J connectivity index is 2.11. The third-order valence-corrected chi connectivity index (χ3v) is 4.23. The van der Waals surface area contributed by atoms with Crippen LogP contribution in [-0.4, -0.2) is 19.2 Å². The minimum absolute atomic E-state index is 0.100. The smallest absolute Gasteiger partial charge is 0.235 e. The number of benzene rings is 2. The first-order chi connectivity index (χ1) is 11.5. The molecule has 3 aromatic rings. The molecule has 0 aliphatic rings. The Morgan fingerprint density at radius 1 is 1.17 bits per heavy atom. The van der Waals surface area contributed by atoms with Gasteiger partial charge in [-0.3, -0.25) is 4.79 Å². The lowest BCUT2D eigenvalue weighted by molar-refractivity contribution is -0.872. The Hall–Kier alpha value is -2.31. The van der Waals surface area contributed by atoms with Crippen LogP contribution in [0.25, 0.3) is 11.0 Å². The van der Waals surface area contributed by atoms with Crippen molar-refractivity contribution in [2.45, 2.75) is 6.54 Å². The maximum absolute atomic E-state index is 12.7. The van der Waals surface area contributed by atoms with Crippen molar-refractivity contribution in [2.75, 3.05) is 14.1 Å². The molecule has 0 aliphatic carbocycles. The van der Waals surface area contributed by atoms with Gasteiger partial charge in [0.25, 0.3) is 0 Å². The van der Waals surface area contributed by atoms with Crippen molar-refractivity contribution in [2.24, 2.45) is 0 Å². The summed E-state index contributed by atoms with van der Waals surface area (Å²) >= 11 is 3.38. The van der Waals surface area contributed by atoms with Gasteiger partial charge >= 0.3 is 0 Å². The van der Waals surface area contributed by atoms with Gasteiger partial charge in [-0.2, -0.15) is 0 Å². The molecule has 1 aromatic heterocycles. The molecule has 124 valence electrons. The summed E-state index contributed by atoms with van der Waals surface area (Å²) in [6, 6.07) is 10.3. The molecule has 0 spiro atoms. The van der Waals surface area contributed by atoms with E-state index >= 15 is 0 Å². The van der Waals surface area contributed by atoms with E-state index in [-0.39, 0.29) is 16.9 Å². The molecular weight excluding hydrogens is 374 g/mol. The highest BCUT2D eigenvalue weighted by Gasteiger charge is 2.17. The molecule has 24 heavy (non-hydrogen) atoms. The molecule has 0 saturated heterocycles. The summed E-state index contributed by atoms with van der Waals surface area (Å²) in [6.07, 6.45) is 1.29. The van der Waals surface area contributed by atoms with Crippen LogP contribution in [0.3, 0.4) is 0 Å². The van der Waals surface area contributed by atoms with Crippen LogP contribution in [0.1, 0.15) is 5.56 Å². The van der Waals surface area contributed by atoms with Crippen LogP contribution in [0, 0.1) is 0 Å². The Bertz CT molecular complexity index is 949. The number of phenols is 1. The third-order valence-electron chi connectivity index (χ3n) is 3.57. The molecule has 0 amide bonds. The number of ether oxygens (including phenoxy) is 1. The van der Waals surface area contributed by atoms with Crippen molar-refractivity contribution in [3.8, 4) is 17.2 Å². The van der Waals surface area contributed by atoms with Gasteiger partial charge in [0.2, 0.25) is 11.2 Å². The number of hydrogen-bond donors (Lipinski definition) is 2. The molecule has 2 aromatic carbocycles. The molecule has 0 atom stereocenters. The lowest BCUT2D eigenvalue weighted by Crippen LogP contribution is -3.04. The van der Waals surface area contributed by atoms with Crippen LogP contribution in [-0.2, 0) is 6.54 Å². The van der Waals surface area contributed by atoms with Crippen LogP contribution in [0.5, 0.6) is 17.2 Å². The SMILES string of the molecule is C[NH+](C)Cc1c(O)ccc2c(=O)c(Oc3ccccc3Br)coc12. The van der Waals surface area contributed by atoms with Crippen molar-refractivity contribution in [3.63, 3.8) is 0 Å². The number of nitrogens with one attached hydrogen (secondary N) is 1. The number of phenolic OH excluding ortho intramolecular Hbond substituents is 1. The zero-order valence-corrected chi connectivity index (χ0v) is 14.9. The average molecular weight is 391 g/mol. The van der Waals surface area contributed by atoms with Crippen molar-refractivity contribution >= 4 is 26.9 Å². The van der Waals surface area contributed by atoms with E-state index in [1.807, 2.05) is 32.3 Å². The van der Waals surface area contributed by atoms with E-state index in [0.29, 0.717) is 28.8 Å². The normalized spacial score (nSPS) is 11.2. The van der Waals surface area contributed by atoms with Crippen molar-refractivity contribution in [3.05, 3.63) is 62.9 Å². The summed E-state index contributed by atoms with van der Waals surface area (Å²) in [7, 11) is 3.92. The Morgan fingerprint density at radius 2 is 1.92 bits per heavy atom. The van der Waals surface area contributed by atoms with Gasteiger partial charge in [-0.15, -0.1) is 0 Å². The average Bonchev–Trinajstić information content (AvgIpc) is 2.54. The highest BCUT2D eigenvalue weighted by atomic mass is 79.9. The van der Waals surface area contributed by atoms with E-state index in [4.69, 9.17) is 9.15 Å². The van der Waals surface area contributed by atoms with Crippen LogP contribution >= 0.6 is 15.9 Å². The van der Waals surface area contributed by atoms with Crippen LogP contribution in [0.15, 0.2) is 56.3 Å². The van der Waals surface area contributed by atoms with Crippen molar-refractivity contribution < 1.29 is 19.2 Å². The number of rotatable bonds is 4. The summed E-state index contributed by atoms with van der Waals surface area (Å²) in [6.45, 7) is 0.538. The number of hydrogen-bond acceptors (Lipinski definition) is 4. The fourth-order valence-corrected chi connectivity index (χ4v) is 2.84. The summed E-state index contributed by atoms with van der Waals surface area (Å²) in [4.78, 5) is 13.8. The standard InChI is InChI=1S/C18H16BrNO4/c1-20(2)9-12-14(21)8-7-11-17(22)16(10-23-18(11)12)24-15-6-4-3-5-13(15)19/h3-8,10,21H,9H2,1-2H3/p+1. The molecule has 0 unspecified atom stereocenters. The van der Waals surface area contributed by atoms with E-state index in [1.165, 1.54) is 12.3 Å². The second kappa shape index (κ2) is 6.67. The third kappa shape index (κ3) is 3.16. The first-order valence-corrected chi connectivity index (χ1v) is 8.24. The van der Waals surface area contributed by atoms with Gasteiger partial charge in [0, 0.05) is 0 Å². The highest BCUT2D eigenvalue weighted by molar-refractivity contribution is 9.10. The number of para-hydroxylation sites is 1. The van der Waals surface area contributed by atoms with E-state index in [2.05, 4.69) is 15.9 Å². The van der Waals surface area contributed by atoms with Gasteiger partial charge in [-0.1, -0.05) is 12.1 Å². The summed E-state index contributed by atoms with van der Waals surface area (Å²) in [5, 5.41) is 10.5. The zero-order valence-electron chi connectivity index (χ0n) is 13.3. The fraction of sp³-hybridized carbons (Fsp3) is 0.167. The number of quaternary nitrogens is 1. The molecule has 3 rings (SSSR count). The zero-order chi connectivity index (χ0) is 17.3. The fourth-order valence-electron chi connectivity index (χ4n) is 2.47. The second-order valence-corrected chi connectivity index (χ2v) is 6.64. The van der Waals surface area contributed by atoms with Crippen LogP contribution < -0.4 is 15.1 Å². The van der Waals surface area contributed by atoms with Gasteiger partial charge in [-0.05, 0) is 40.2 Å². The molecule has 0 aliphatic heterocycles. The lowest BCUT2D eigenvalue weighted by Gasteiger charge is -2.12. The number of aromatic hydroxyl groups is 1. The first kappa shape index (κ1) is 16.5. The molecule has 0 fully saturated rings. The lowest BCUT2D eigenvalue weighted by atomic mass is 10.1. The molecule has 5 nitrogen and oxygen atoms in total. The topological polar surface area (TPSA) is 64.1 Å². The highest BCUT2D eigenvalue weighted by Crippen LogP contribution is 2.30. The molecule has 0 bridgehead atoms. The van der Waals surface area contributed by atoms with Crippen LogP contribution in [0.4, 0.5) is 0 Å². The monoisotopic (exact) mass is 390 g/mol. The minimum Gasteiger partial charge on any atom is -0.507 e. The predicted octanol–water partition coefficient (Wildman–Crippen LogP) is 2.70. The second-order valence-electron chi connectivity index (χ2n) is 5.79. The number of halogens is 1. The van der Waals surface area contributed by atoms with E-state index in [1.54, 1.807) is 12.1 Å². The Morgan fingerprint density at radius 3 is 2.62 bits per heavy atom. The maximum atomic E-state index is 12.7. The van der Waals surface area contributed by atoms with E-state index < -0.39 is 0 Å². The summed E-state index contributed by atoms with van der Waals surface area (Å²) < 4.78 is 12.1. The van der Waals surface area contributed by atoms with E-state index in [9.17, 15) is 9.90 Å². The molecule has 2 N–H and O–H groups in total. The van der Waals surface area contributed by atoms with Gasteiger partial charge < -0.3 is 19.2 Å². The summed E-state index contributed by atoms with van der Waals surface area (Å²) in [5.74, 6) is 0.746. The number of fused-ring (bicyclic) bond motifs is 1. The van der Waals surface area contributed by atoms with Gasteiger partial charge in [0.05, 0.1) is 29.5 Å². The quantitative estimate of drug-likeness (QED) is 0.718. The molecule has 0 saturated carbocycles. The molecule has 1 heterocycles. The minimum atomic E-state index is -0.276. The Kier molecular flexibility index (Phi) is 4.59. The van der Waals surface area contributed by atoms with Crippen molar-refractivity contribution in [1.29, 1.82) is 0 Å². The first-order valence-electron chi connectivity index (χ1n) is 7.45. The van der Waals surface area contributed by atoms with Gasteiger partial charge in [0.1, 0.15) is 24.3 Å². The van der Waals surface area contributed by atoms with Gasteiger partial charge in [0.15, 0.2) is 5.58 Å². The van der Waals surface area contributed by atoms with Gasteiger partial charge in [-0.25, -0.2) is 0 Å². The largest absolute Gasteiger partial charge is 0.507 e. The molecular formula is C18H17BrNO4+. The predicted molar refractivity (Wildman–Crippen MR) is 94.9 cm³/mol. The molecule has 6 heteroatoms. The maximum Gasteiger partial charge on any atom is 0.235 e. The summed E-state index contributed by atoms with van der Waals surface area (Å²) in [5.41, 5.74) is 0.722. The van der Waals surface area contributed by atoms with E-state index in [0.717, 1.165) is 9.37 Å². The van der Waals surface area contributed by atoms with Crippen molar-refractivity contribution in [1.82, 2.24) is 0 Å². The molecule has 0 radical (unpaired) electrons. The Labute approximate surface area is 147 Å².